The second-order valence-corrected chi connectivity index (χ2v) is 7.52. The van der Waals surface area contributed by atoms with Crippen LogP contribution in [0.15, 0.2) is 30.5 Å². The van der Waals surface area contributed by atoms with Gasteiger partial charge < -0.3 is 4.90 Å². The number of amides is 1. The van der Waals surface area contributed by atoms with Crippen molar-refractivity contribution in [3.05, 3.63) is 41.0 Å². The lowest BCUT2D eigenvalue weighted by Gasteiger charge is -2.22. The minimum atomic E-state index is 0.305. The van der Waals surface area contributed by atoms with E-state index in [1.165, 1.54) is 12.8 Å². The van der Waals surface area contributed by atoms with Gasteiger partial charge in [-0.25, -0.2) is 0 Å². The van der Waals surface area contributed by atoms with Crippen LogP contribution in [-0.2, 0) is 11.3 Å². The molecule has 1 aromatic heterocycles. The predicted molar refractivity (Wildman–Crippen MR) is 98.2 cm³/mol. The maximum absolute atomic E-state index is 12.3. The number of H-pyrrole nitrogens is 1. The molecule has 1 aliphatic carbocycles. The summed E-state index contributed by atoms with van der Waals surface area (Å²) in [6, 6.07) is 7.79. The van der Waals surface area contributed by atoms with E-state index in [2.05, 4.69) is 20.0 Å². The van der Waals surface area contributed by atoms with Gasteiger partial charge in [-0.15, -0.1) is 0 Å². The van der Waals surface area contributed by atoms with Crippen LogP contribution in [-0.4, -0.2) is 52.1 Å². The van der Waals surface area contributed by atoms with Crippen LogP contribution in [0.3, 0.4) is 0 Å². The van der Waals surface area contributed by atoms with Crippen LogP contribution in [0.1, 0.15) is 24.8 Å². The minimum Gasteiger partial charge on any atom is -0.341 e. The van der Waals surface area contributed by atoms with E-state index in [4.69, 9.17) is 11.6 Å². The van der Waals surface area contributed by atoms with Crippen LogP contribution < -0.4 is 0 Å². The molecule has 1 saturated heterocycles. The molecule has 6 heteroatoms. The second kappa shape index (κ2) is 7.18. The Balaban J connectivity index is 1.43. The van der Waals surface area contributed by atoms with Crippen molar-refractivity contribution in [1.29, 1.82) is 0 Å². The smallest absolute Gasteiger partial charge is 0.223 e. The highest BCUT2D eigenvalue weighted by atomic mass is 35.5. The Kier molecular flexibility index (Phi) is 4.77. The fraction of sp³-hybridized carbons (Fsp3) is 0.474. The maximum Gasteiger partial charge on any atom is 0.223 e. The van der Waals surface area contributed by atoms with E-state index >= 15 is 0 Å². The van der Waals surface area contributed by atoms with Crippen molar-refractivity contribution in [2.75, 3.05) is 26.2 Å². The normalized spacial score (nSPS) is 19.2. The van der Waals surface area contributed by atoms with Gasteiger partial charge in [0.05, 0.1) is 11.9 Å². The molecule has 1 amide bonds. The van der Waals surface area contributed by atoms with E-state index in [0.717, 1.165) is 60.5 Å². The van der Waals surface area contributed by atoms with E-state index in [9.17, 15) is 4.79 Å². The van der Waals surface area contributed by atoms with Crippen molar-refractivity contribution in [3.8, 4) is 11.3 Å². The molecule has 0 spiro atoms. The van der Waals surface area contributed by atoms with Gasteiger partial charge in [-0.05, 0) is 36.5 Å². The molecule has 132 valence electrons. The SMILES string of the molecule is O=C1CCN(Cc2cn[nH]c2-c2ccc(Cl)cc2)CCN1CC1CC1. The summed E-state index contributed by atoms with van der Waals surface area (Å²) in [5.74, 6) is 1.06. The zero-order chi connectivity index (χ0) is 17.2. The summed E-state index contributed by atoms with van der Waals surface area (Å²) < 4.78 is 0. The molecule has 2 heterocycles. The number of rotatable bonds is 5. The fourth-order valence-electron chi connectivity index (χ4n) is 3.41. The summed E-state index contributed by atoms with van der Waals surface area (Å²) >= 11 is 5.98. The molecule has 0 radical (unpaired) electrons. The molecule has 1 N–H and O–H groups in total. The average molecular weight is 359 g/mol. The third-order valence-electron chi connectivity index (χ3n) is 5.10. The number of aromatic amines is 1. The number of nitrogens with zero attached hydrogens (tertiary/aromatic N) is 3. The Morgan fingerprint density at radius 3 is 2.72 bits per heavy atom. The highest BCUT2D eigenvalue weighted by molar-refractivity contribution is 6.30. The Labute approximate surface area is 153 Å². The van der Waals surface area contributed by atoms with Crippen LogP contribution in [0.4, 0.5) is 0 Å². The van der Waals surface area contributed by atoms with Crippen molar-refractivity contribution in [2.24, 2.45) is 5.92 Å². The van der Waals surface area contributed by atoms with Gasteiger partial charge in [-0.3, -0.25) is 14.8 Å². The van der Waals surface area contributed by atoms with Gasteiger partial charge in [0.1, 0.15) is 0 Å². The molecule has 5 nitrogen and oxygen atoms in total. The van der Waals surface area contributed by atoms with E-state index < -0.39 is 0 Å². The largest absolute Gasteiger partial charge is 0.341 e. The Morgan fingerprint density at radius 1 is 1.16 bits per heavy atom. The summed E-state index contributed by atoms with van der Waals surface area (Å²) in [5, 5.41) is 8.06. The number of hydrogen-bond acceptors (Lipinski definition) is 3. The molecule has 0 unspecified atom stereocenters. The topological polar surface area (TPSA) is 52.2 Å². The van der Waals surface area contributed by atoms with Crippen LogP contribution in [0.2, 0.25) is 5.02 Å². The van der Waals surface area contributed by atoms with E-state index in [0.29, 0.717) is 12.3 Å². The van der Waals surface area contributed by atoms with Crippen molar-refractivity contribution < 1.29 is 4.79 Å². The number of carbonyl (C=O) groups is 1. The van der Waals surface area contributed by atoms with E-state index in [1.807, 2.05) is 30.5 Å². The Bertz CT molecular complexity index is 738. The first-order chi connectivity index (χ1) is 12.2. The number of hydrogen-bond donors (Lipinski definition) is 1. The van der Waals surface area contributed by atoms with Gasteiger partial charge in [0.25, 0.3) is 0 Å². The van der Waals surface area contributed by atoms with Crippen molar-refractivity contribution in [3.63, 3.8) is 0 Å². The molecule has 0 bridgehead atoms. The lowest BCUT2D eigenvalue weighted by Crippen LogP contribution is -2.34. The molecule has 2 aromatic rings. The first-order valence-corrected chi connectivity index (χ1v) is 9.35. The lowest BCUT2D eigenvalue weighted by molar-refractivity contribution is -0.130. The van der Waals surface area contributed by atoms with Crippen LogP contribution in [0, 0.1) is 5.92 Å². The van der Waals surface area contributed by atoms with Gasteiger partial charge in [0, 0.05) is 49.7 Å². The summed E-state index contributed by atoms with van der Waals surface area (Å²) in [6.45, 7) is 4.33. The number of halogens is 1. The highest BCUT2D eigenvalue weighted by Crippen LogP contribution is 2.30. The molecular weight excluding hydrogens is 336 g/mol. The van der Waals surface area contributed by atoms with Crippen LogP contribution in [0.25, 0.3) is 11.3 Å². The lowest BCUT2D eigenvalue weighted by atomic mass is 10.1. The molecular formula is C19H23ClN4O. The van der Waals surface area contributed by atoms with Gasteiger partial charge in [0.15, 0.2) is 0 Å². The number of benzene rings is 1. The standard InChI is InChI=1S/C19H23ClN4O/c20-17-5-3-15(4-6-17)19-16(11-21-22-19)13-23-8-7-18(25)24(10-9-23)12-14-1-2-14/h3-6,11,14H,1-2,7-10,12-13H2,(H,21,22). The average Bonchev–Trinajstić information content (AvgIpc) is 3.35. The van der Waals surface area contributed by atoms with Gasteiger partial charge in [-0.1, -0.05) is 23.7 Å². The third-order valence-corrected chi connectivity index (χ3v) is 5.35. The van der Waals surface area contributed by atoms with Crippen molar-refractivity contribution >= 4 is 17.5 Å². The van der Waals surface area contributed by atoms with Gasteiger partial charge in [0.2, 0.25) is 5.91 Å². The van der Waals surface area contributed by atoms with Gasteiger partial charge in [-0.2, -0.15) is 5.10 Å². The number of carbonyl (C=O) groups excluding carboxylic acids is 1. The molecule has 25 heavy (non-hydrogen) atoms. The highest BCUT2D eigenvalue weighted by Gasteiger charge is 2.28. The zero-order valence-corrected chi connectivity index (χ0v) is 15.0. The van der Waals surface area contributed by atoms with Crippen molar-refractivity contribution in [2.45, 2.75) is 25.8 Å². The molecule has 1 saturated carbocycles. The summed E-state index contributed by atoms with van der Waals surface area (Å²) in [5.41, 5.74) is 3.27. The minimum absolute atomic E-state index is 0.305. The first kappa shape index (κ1) is 16.6. The quantitative estimate of drug-likeness (QED) is 0.893. The molecule has 4 rings (SSSR count). The maximum atomic E-state index is 12.3. The first-order valence-electron chi connectivity index (χ1n) is 8.97. The predicted octanol–water partition coefficient (Wildman–Crippen LogP) is 3.17. The summed E-state index contributed by atoms with van der Waals surface area (Å²) in [4.78, 5) is 16.7. The Hall–Kier alpha value is -1.85. The summed E-state index contributed by atoms with van der Waals surface area (Å²) in [6.07, 6.45) is 5.07. The molecule has 2 aliphatic rings. The third kappa shape index (κ3) is 4.05. The fourth-order valence-corrected chi connectivity index (χ4v) is 3.54. The van der Waals surface area contributed by atoms with Gasteiger partial charge >= 0.3 is 0 Å². The molecule has 0 atom stereocenters. The van der Waals surface area contributed by atoms with Crippen LogP contribution >= 0.6 is 11.6 Å². The van der Waals surface area contributed by atoms with E-state index in [1.54, 1.807) is 0 Å². The Morgan fingerprint density at radius 2 is 1.96 bits per heavy atom. The molecule has 1 aliphatic heterocycles. The van der Waals surface area contributed by atoms with Crippen molar-refractivity contribution in [1.82, 2.24) is 20.0 Å². The number of nitrogens with one attached hydrogen (secondary N) is 1. The zero-order valence-electron chi connectivity index (χ0n) is 14.2. The molecule has 1 aromatic carbocycles. The van der Waals surface area contributed by atoms with E-state index in [-0.39, 0.29) is 0 Å². The summed E-state index contributed by atoms with van der Waals surface area (Å²) in [7, 11) is 0. The van der Waals surface area contributed by atoms with Crippen LogP contribution in [0.5, 0.6) is 0 Å². The monoisotopic (exact) mass is 358 g/mol. The number of aromatic nitrogens is 2. The second-order valence-electron chi connectivity index (χ2n) is 7.09. The molecule has 2 fully saturated rings.